The molecule has 0 amide bonds. The Morgan fingerprint density at radius 2 is 2.00 bits per heavy atom. The van der Waals surface area contributed by atoms with Crippen LogP contribution in [0.15, 0.2) is 45.7 Å². The van der Waals surface area contributed by atoms with Crippen molar-refractivity contribution in [3.8, 4) is 0 Å². The molecule has 0 aliphatic carbocycles. The molecule has 148 valence electrons. The second-order valence-electron chi connectivity index (χ2n) is 6.39. The van der Waals surface area contributed by atoms with Gasteiger partial charge in [-0.1, -0.05) is 19.1 Å². The number of oxazole rings is 1. The van der Waals surface area contributed by atoms with E-state index >= 15 is 0 Å². The SMILES string of the molecule is CCc1ccc(S(=O)(=O)NCCc2nc3cc(C)ccc3o2)cc1C(=O)OC. The van der Waals surface area contributed by atoms with Gasteiger partial charge in [0.15, 0.2) is 11.5 Å². The van der Waals surface area contributed by atoms with Crippen molar-refractivity contribution in [2.45, 2.75) is 31.6 Å². The fourth-order valence-corrected chi connectivity index (χ4v) is 3.96. The van der Waals surface area contributed by atoms with Crippen LogP contribution in [0.1, 0.15) is 34.3 Å². The number of methoxy groups -OCH3 is 1. The number of nitrogens with zero attached hydrogens (tertiary/aromatic N) is 1. The Morgan fingerprint density at radius 1 is 1.21 bits per heavy atom. The molecular formula is C20H22N2O5S. The molecule has 0 radical (unpaired) electrons. The van der Waals surface area contributed by atoms with E-state index < -0.39 is 16.0 Å². The van der Waals surface area contributed by atoms with Gasteiger partial charge in [-0.3, -0.25) is 0 Å². The van der Waals surface area contributed by atoms with Gasteiger partial charge in [0.2, 0.25) is 10.0 Å². The lowest BCUT2D eigenvalue weighted by atomic mass is 10.1. The van der Waals surface area contributed by atoms with Crippen molar-refractivity contribution in [3.05, 3.63) is 59.0 Å². The van der Waals surface area contributed by atoms with E-state index in [1.165, 1.54) is 19.2 Å². The first-order valence-electron chi connectivity index (χ1n) is 8.91. The molecule has 0 aliphatic rings. The van der Waals surface area contributed by atoms with E-state index in [4.69, 9.17) is 9.15 Å². The lowest BCUT2D eigenvalue weighted by Gasteiger charge is -2.10. The second-order valence-corrected chi connectivity index (χ2v) is 8.16. The molecule has 0 fully saturated rings. The molecule has 8 heteroatoms. The van der Waals surface area contributed by atoms with Crippen molar-refractivity contribution in [2.75, 3.05) is 13.7 Å². The van der Waals surface area contributed by atoms with Crippen LogP contribution in [0.5, 0.6) is 0 Å². The van der Waals surface area contributed by atoms with Gasteiger partial charge in [-0.2, -0.15) is 0 Å². The number of aryl methyl sites for hydroxylation is 2. The summed E-state index contributed by atoms with van der Waals surface area (Å²) in [4.78, 5) is 16.3. The average molecular weight is 402 g/mol. The highest BCUT2D eigenvalue weighted by Crippen LogP contribution is 2.19. The Hall–Kier alpha value is -2.71. The molecule has 0 bridgehead atoms. The van der Waals surface area contributed by atoms with Gasteiger partial charge >= 0.3 is 5.97 Å². The van der Waals surface area contributed by atoms with Crippen molar-refractivity contribution in [1.29, 1.82) is 0 Å². The summed E-state index contributed by atoms with van der Waals surface area (Å²) in [5.74, 6) is -0.101. The third-order valence-electron chi connectivity index (χ3n) is 4.40. The number of aromatic nitrogens is 1. The van der Waals surface area contributed by atoms with Crippen LogP contribution in [0.3, 0.4) is 0 Å². The molecule has 28 heavy (non-hydrogen) atoms. The summed E-state index contributed by atoms with van der Waals surface area (Å²) >= 11 is 0. The lowest BCUT2D eigenvalue weighted by Crippen LogP contribution is -2.26. The molecular weight excluding hydrogens is 380 g/mol. The fourth-order valence-electron chi connectivity index (χ4n) is 2.90. The third kappa shape index (κ3) is 4.23. The van der Waals surface area contributed by atoms with Crippen LogP contribution >= 0.6 is 0 Å². The van der Waals surface area contributed by atoms with Crippen LogP contribution in [0.2, 0.25) is 0 Å². The minimum absolute atomic E-state index is 0.0123. The van der Waals surface area contributed by atoms with E-state index in [1.807, 2.05) is 32.0 Å². The smallest absolute Gasteiger partial charge is 0.338 e. The zero-order chi connectivity index (χ0) is 20.3. The summed E-state index contributed by atoms with van der Waals surface area (Å²) in [6.45, 7) is 3.97. The zero-order valence-corrected chi connectivity index (χ0v) is 16.8. The number of hydrogen-bond acceptors (Lipinski definition) is 6. The van der Waals surface area contributed by atoms with Crippen LogP contribution in [-0.2, 0) is 27.6 Å². The van der Waals surface area contributed by atoms with Crippen molar-refractivity contribution >= 4 is 27.1 Å². The molecule has 1 aromatic heterocycles. The van der Waals surface area contributed by atoms with Crippen LogP contribution in [0.4, 0.5) is 0 Å². The molecule has 3 rings (SSSR count). The van der Waals surface area contributed by atoms with Gasteiger partial charge in [0.05, 0.1) is 17.6 Å². The monoisotopic (exact) mass is 402 g/mol. The number of esters is 1. The average Bonchev–Trinajstić information content (AvgIpc) is 3.08. The number of sulfonamides is 1. The summed E-state index contributed by atoms with van der Waals surface area (Å²) in [6.07, 6.45) is 0.902. The van der Waals surface area contributed by atoms with E-state index in [1.54, 1.807) is 6.07 Å². The fraction of sp³-hybridized carbons (Fsp3) is 0.300. The molecule has 0 atom stereocenters. The topological polar surface area (TPSA) is 98.5 Å². The van der Waals surface area contributed by atoms with Gasteiger partial charge in [-0.25, -0.2) is 22.9 Å². The van der Waals surface area contributed by atoms with E-state index in [-0.39, 0.29) is 17.0 Å². The standard InChI is InChI=1S/C20H22N2O5S/c1-4-14-6-7-15(12-16(14)20(23)26-3)28(24,25)21-10-9-19-22-17-11-13(2)5-8-18(17)27-19/h5-8,11-12,21H,4,9-10H2,1-3H3. The first kappa shape index (κ1) is 20.0. The highest BCUT2D eigenvalue weighted by atomic mass is 32.2. The maximum atomic E-state index is 12.6. The molecule has 1 heterocycles. The maximum Gasteiger partial charge on any atom is 0.338 e. The number of carbonyl (C=O) groups excluding carboxylic acids is 1. The number of fused-ring (bicyclic) bond motifs is 1. The molecule has 1 N–H and O–H groups in total. The molecule has 0 aliphatic heterocycles. The minimum atomic E-state index is -3.78. The van der Waals surface area contributed by atoms with Crippen molar-refractivity contribution in [2.24, 2.45) is 0 Å². The number of benzene rings is 2. The Morgan fingerprint density at radius 3 is 2.71 bits per heavy atom. The minimum Gasteiger partial charge on any atom is -0.465 e. The Balaban J connectivity index is 1.73. The van der Waals surface area contributed by atoms with Crippen LogP contribution in [0.25, 0.3) is 11.1 Å². The van der Waals surface area contributed by atoms with E-state index in [2.05, 4.69) is 9.71 Å². The maximum absolute atomic E-state index is 12.6. The second kappa shape index (κ2) is 8.12. The Bertz CT molecular complexity index is 1120. The summed E-state index contributed by atoms with van der Waals surface area (Å²) < 4.78 is 38.1. The molecule has 0 unspecified atom stereocenters. The summed E-state index contributed by atoms with van der Waals surface area (Å²) in [5, 5.41) is 0. The van der Waals surface area contributed by atoms with Gasteiger partial charge in [0, 0.05) is 13.0 Å². The van der Waals surface area contributed by atoms with E-state index in [0.717, 1.165) is 16.6 Å². The molecule has 3 aromatic rings. The van der Waals surface area contributed by atoms with E-state index in [0.29, 0.717) is 24.3 Å². The molecule has 7 nitrogen and oxygen atoms in total. The van der Waals surface area contributed by atoms with E-state index in [9.17, 15) is 13.2 Å². The Labute approximate surface area is 163 Å². The van der Waals surface area contributed by atoms with Gasteiger partial charge in [-0.15, -0.1) is 0 Å². The molecule has 0 saturated carbocycles. The normalized spacial score (nSPS) is 11.7. The number of hydrogen-bond donors (Lipinski definition) is 1. The predicted octanol–water partition coefficient (Wildman–Crippen LogP) is 3.01. The number of nitrogens with one attached hydrogen (secondary N) is 1. The summed E-state index contributed by atoms with van der Waals surface area (Å²) in [5.41, 5.74) is 3.47. The number of carbonyl (C=O) groups is 1. The quantitative estimate of drug-likeness (QED) is 0.610. The van der Waals surface area contributed by atoms with Gasteiger partial charge < -0.3 is 9.15 Å². The van der Waals surface area contributed by atoms with Gasteiger partial charge in [0.25, 0.3) is 0 Å². The highest BCUT2D eigenvalue weighted by Gasteiger charge is 2.19. The third-order valence-corrected chi connectivity index (χ3v) is 5.85. The zero-order valence-electron chi connectivity index (χ0n) is 16.0. The van der Waals surface area contributed by atoms with Crippen molar-refractivity contribution < 1.29 is 22.4 Å². The first-order chi connectivity index (χ1) is 13.3. The van der Waals surface area contributed by atoms with Crippen LogP contribution in [0, 0.1) is 6.92 Å². The highest BCUT2D eigenvalue weighted by molar-refractivity contribution is 7.89. The Kier molecular flexibility index (Phi) is 5.81. The summed E-state index contributed by atoms with van der Waals surface area (Å²) in [7, 11) is -2.52. The molecule has 0 saturated heterocycles. The number of rotatable bonds is 7. The van der Waals surface area contributed by atoms with Crippen molar-refractivity contribution in [3.63, 3.8) is 0 Å². The largest absolute Gasteiger partial charge is 0.465 e. The van der Waals surface area contributed by atoms with Crippen molar-refractivity contribution in [1.82, 2.24) is 9.71 Å². The molecule has 2 aromatic carbocycles. The lowest BCUT2D eigenvalue weighted by molar-refractivity contribution is 0.0599. The van der Waals surface area contributed by atoms with Crippen LogP contribution in [-0.4, -0.2) is 33.0 Å². The molecule has 0 spiro atoms. The van der Waals surface area contributed by atoms with Gasteiger partial charge in [0.1, 0.15) is 5.52 Å². The van der Waals surface area contributed by atoms with Crippen LogP contribution < -0.4 is 4.72 Å². The predicted molar refractivity (Wildman–Crippen MR) is 105 cm³/mol. The number of ether oxygens (including phenoxy) is 1. The summed E-state index contributed by atoms with van der Waals surface area (Å²) in [6, 6.07) is 10.1. The first-order valence-corrected chi connectivity index (χ1v) is 10.4. The van der Waals surface area contributed by atoms with Gasteiger partial charge in [-0.05, 0) is 48.7 Å².